The number of thiol groups is 1. The average Bonchev–Trinajstić information content (AvgIpc) is 2.96. The first kappa shape index (κ1) is 14.4. The molecular formula is C12H22N2O2S. The van der Waals surface area contributed by atoms with Gasteiger partial charge in [-0.2, -0.15) is 12.6 Å². The van der Waals surface area contributed by atoms with Crippen molar-refractivity contribution < 1.29 is 9.59 Å². The predicted molar refractivity (Wildman–Crippen MR) is 70.7 cm³/mol. The largest absolute Gasteiger partial charge is 0.368 e. The van der Waals surface area contributed by atoms with Crippen LogP contribution in [0.15, 0.2) is 0 Å². The van der Waals surface area contributed by atoms with Crippen molar-refractivity contribution in [2.75, 3.05) is 18.8 Å². The van der Waals surface area contributed by atoms with E-state index < -0.39 is 5.91 Å². The summed E-state index contributed by atoms with van der Waals surface area (Å²) in [6, 6.07) is 0. The van der Waals surface area contributed by atoms with Crippen LogP contribution in [0.2, 0.25) is 0 Å². The summed E-state index contributed by atoms with van der Waals surface area (Å²) in [5, 5.41) is 0. The van der Waals surface area contributed by atoms with Crippen molar-refractivity contribution in [3.8, 4) is 0 Å². The van der Waals surface area contributed by atoms with Crippen LogP contribution in [0, 0.1) is 11.3 Å². The maximum atomic E-state index is 12.1. The minimum Gasteiger partial charge on any atom is -0.368 e. The molecule has 17 heavy (non-hydrogen) atoms. The van der Waals surface area contributed by atoms with E-state index in [9.17, 15) is 9.59 Å². The number of nitrogens with two attached hydrogens (primary N) is 1. The number of rotatable bonds is 7. The van der Waals surface area contributed by atoms with Crippen LogP contribution in [-0.4, -0.2) is 35.6 Å². The lowest BCUT2D eigenvalue weighted by molar-refractivity contribution is -0.136. The minimum absolute atomic E-state index is 0.0274. The van der Waals surface area contributed by atoms with E-state index in [4.69, 9.17) is 5.73 Å². The molecule has 0 aliphatic heterocycles. The number of carbonyl (C=O) groups excluding carboxylic acids is 2. The lowest BCUT2D eigenvalue weighted by atomic mass is 10.0. The van der Waals surface area contributed by atoms with Crippen molar-refractivity contribution in [1.82, 2.24) is 4.90 Å². The monoisotopic (exact) mass is 258 g/mol. The van der Waals surface area contributed by atoms with Crippen molar-refractivity contribution >= 4 is 24.4 Å². The Morgan fingerprint density at radius 1 is 1.41 bits per heavy atom. The zero-order valence-corrected chi connectivity index (χ0v) is 11.5. The SMILES string of the molecule is CC(C)CN(CC(N)=O)C(=O)CC1(CS)CC1. The molecule has 0 aromatic rings. The van der Waals surface area contributed by atoms with E-state index >= 15 is 0 Å². The normalized spacial score (nSPS) is 16.9. The standard InChI is InChI=1S/C12H22N2O2S/c1-9(2)6-14(7-10(13)15)11(16)5-12(8-17)3-4-12/h9,17H,3-8H2,1-2H3,(H2,13,15). The molecule has 4 nitrogen and oxygen atoms in total. The van der Waals surface area contributed by atoms with Crippen molar-refractivity contribution in [2.24, 2.45) is 17.1 Å². The highest BCUT2D eigenvalue weighted by Gasteiger charge is 2.43. The molecule has 2 N–H and O–H groups in total. The second-order valence-corrected chi connectivity index (χ2v) is 5.79. The summed E-state index contributed by atoms with van der Waals surface area (Å²) in [6.45, 7) is 4.66. The Morgan fingerprint density at radius 2 is 2.00 bits per heavy atom. The van der Waals surface area contributed by atoms with Gasteiger partial charge in [0.05, 0.1) is 6.54 Å². The van der Waals surface area contributed by atoms with E-state index in [-0.39, 0.29) is 17.9 Å². The molecule has 1 rings (SSSR count). The Bertz CT molecular complexity index is 301. The van der Waals surface area contributed by atoms with Gasteiger partial charge in [-0.25, -0.2) is 0 Å². The fourth-order valence-corrected chi connectivity index (χ4v) is 2.31. The molecule has 0 atom stereocenters. The molecule has 1 fully saturated rings. The quantitative estimate of drug-likeness (QED) is 0.671. The fourth-order valence-electron chi connectivity index (χ4n) is 1.88. The Kier molecular flexibility index (Phi) is 4.86. The van der Waals surface area contributed by atoms with E-state index in [1.165, 1.54) is 0 Å². The zero-order valence-electron chi connectivity index (χ0n) is 10.6. The van der Waals surface area contributed by atoms with E-state index in [0.29, 0.717) is 18.9 Å². The molecule has 5 heteroatoms. The third kappa shape index (κ3) is 4.58. The minimum atomic E-state index is -0.449. The van der Waals surface area contributed by atoms with Crippen LogP contribution in [0.4, 0.5) is 0 Å². The Morgan fingerprint density at radius 3 is 2.35 bits per heavy atom. The van der Waals surface area contributed by atoms with Crippen LogP contribution >= 0.6 is 12.6 Å². The topological polar surface area (TPSA) is 63.4 Å². The lowest BCUT2D eigenvalue weighted by Crippen LogP contribution is -2.41. The van der Waals surface area contributed by atoms with Gasteiger partial charge >= 0.3 is 0 Å². The summed E-state index contributed by atoms with van der Waals surface area (Å²) in [5.41, 5.74) is 5.26. The van der Waals surface area contributed by atoms with E-state index in [2.05, 4.69) is 12.6 Å². The predicted octanol–water partition coefficient (Wildman–Crippen LogP) is 1.06. The Balaban J connectivity index is 2.55. The van der Waals surface area contributed by atoms with Crippen molar-refractivity contribution in [2.45, 2.75) is 33.1 Å². The molecular weight excluding hydrogens is 236 g/mol. The molecule has 1 aliphatic carbocycles. The van der Waals surface area contributed by atoms with Gasteiger partial charge in [0.2, 0.25) is 11.8 Å². The van der Waals surface area contributed by atoms with Crippen LogP contribution in [0.25, 0.3) is 0 Å². The molecule has 1 aliphatic rings. The second kappa shape index (κ2) is 5.76. The third-order valence-corrected chi connectivity index (χ3v) is 3.77. The van der Waals surface area contributed by atoms with Crippen LogP contribution in [0.1, 0.15) is 33.1 Å². The molecule has 0 bridgehead atoms. The van der Waals surface area contributed by atoms with Crippen LogP contribution in [0.3, 0.4) is 0 Å². The maximum absolute atomic E-state index is 12.1. The summed E-state index contributed by atoms with van der Waals surface area (Å²) in [6.07, 6.45) is 2.62. The van der Waals surface area contributed by atoms with Crippen LogP contribution in [0.5, 0.6) is 0 Å². The summed E-state index contributed by atoms with van der Waals surface area (Å²) < 4.78 is 0. The number of nitrogens with zero attached hydrogens (tertiary/aromatic N) is 1. The molecule has 0 radical (unpaired) electrons. The first-order valence-electron chi connectivity index (χ1n) is 6.05. The number of hydrogen-bond donors (Lipinski definition) is 2. The van der Waals surface area contributed by atoms with Gasteiger partial charge in [-0.3, -0.25) is 9.59 Å². The van der Waals surface area contributed by atoms with Crippen molar-refractivity contribution in [3.63, 3.8) is 0 Å². The number of hydrogen-bond acceptors (Lipinski definition) is 3. The van der Waals surface area contributed by atoms with Gasteiger partial charge in [0, 0.05) is 13.0 Å². The Hall–Kier alpha value is -0.710. The van der Waals surface area contributed by atoms with E-state index in [1.54, 1.807) is 4.90 Å². The van der Waals surface area contributed by atoms with Gasteiger partial charge in [-0.15, -0.1) is 0 Å². The van der Waals surface area contributed by atoms with Gasteiger partial charge in [-0.05, 0) is 29.9 Å². The van der Waals surface area contributed by atoms with Gasteiger partial charge in [-0.1, -0.05) is 13.8 Å². The van der Waals surface area contributed by atoms with Gasteiger partial charge in [0.1, 0.15) is 0 Å². The highest BCUT2D eigenvalue weighted by Crippen LogP contribution is 2.49. The zero-order chi connectivity index (χ0) is 13.1. The summed E-state index contributed by atoms with van der Waals surface area (Å²) in [5.74, 6) is 0.661. The second-order valence-electron chi connectivity index (χ2n) is 5.47. The van der Waals surface area contributed by atoms with Crippen molar-refractivity contribution in [1.29, 1.82) is 0 Å². The summed E-state index contributed by atoms with van der Waals surface area (Å²) in [4.78, 5) is 24.7. The smallest absolute Gasteiger partial charge is 0.237 e. The van der Waals surface area contributed by atoms with Crippen LogP contribution < -0.4 is 5.73 Å². The molecule has 0 aromatic carbocycles. The summed E-state index contributed by atoms with van der Waals surface area (Å²) in [7, 11) is 0. The van der Waals surface area contributed by atoms with Gasteiger partial charge < -0.3 is 10.6 Å². The molecule has 0 heterocycles. The highest BCUT2D eigenvalue weighted by atomic mass is 32.1. The summed E-state index contributed by atoms with van der Waals surface area (Å²) >= 11 is 4.28. The van der Waals surface area contributed by atoms with E-state index in [1.807, 2.05) is 13.8 Å². The maximum Gasteiger partial charge on any atom is 0.237 e. The molecule has 0 spiro atoms. The van der Waals surface area contributed by atoms with Crippen LogP contribution in [-0.2, 0) is 9.59 Å². The molecule has 0 unspecified atom stereocenters. The molecule has 0 aromatic heterocycles. The fraction of sp³-hybridized carbons (Fsp3) is 0.833. The number of carbonyl (C=O) groups is 2. The highest BCUT2D eigenvalue weighted by molar-refractivity contribution is 7.80. The molecule has 1 saturated carbocycles. The third-order valence-electron chi connectivity index (χ3n) is 3.10. The van der Waals surface area contributed by atoms with Crippen molar-refractivity contribution in [3.05, 3.63) is 0 Å². The number of primary amides is 1. The number of amides is 2. The average molecular weight is 258 g/mol. The molecule has 2 amide bonds. The van der Waals surface area contributed by atoms with Gasteiger partial charge in [0.15, 0.2) is 0 Å². The lowest BCUT2D eigenvalue weighted by Gasteiger charge is -2.25. The van der Waals surface area contributed by atoms with E-state index in [0.717, 1.165) is 18.6 Å². The first-order chi connectivity index (χ1) is 7.88. The Labute approximate surface area is 108 Å². The van der Waals surface area contributed by atoms with Gasteiger partial charge in [0.25, 0.3) is 0 Å². The molecule has 98 valence electrons. The molecule has 0 saturated heterocycles. The first-order valence-corrected chi connectivity index (χ1v) is 6.69.